The second-order valence-corrected chi connectivity index (χ2v) is 7.07. The number of halogens is 1. The van der Waals surface area contributed by atoms with E-state index in [9.17, 15) is 14.0 Å². The minimum atomic E-state index is -0.356. The fraction of sp³-hybridized carbons (Fsp3) is 0.0909. The van der Waals surface area contributed by atoms with E-state index in [1.807, 2.05) is 24.3 Å². The van der Waals surface area contributed by atoms with Crippen molar-refractivity contribution in [1.29, 1.82) is 0 Å². The highest BCUT2D eigenvalue weighted by Gasteiger charge is 2.07. The van der Waals surface area contributed by atoms with Gasteiger partial charge in [-0.05, 0) is 54.6 Å². The number of thioether (sulfide) groups is 1. The Morgan fingerprint density at radius 2 is 1.55 bits per heavy atom. The molecule has 3 rings (SSSR count). The lowest BCUT2D eigenvalue weighted by molar-refractivity contribution is -0.118. The highest BCUT2D eigenvalue weighted by Crippen LogP contribution is 2.22. The summed E-state index contributed by atoms with van der Waals surface area (Å²) < 4.78 is 18.3. The van der Waals surface area contributed by atoms with Crippen LogP contribution in [0.25, 0.3) is 0 Å². The monoisotopic (exact) mass is 410 g/mol. The van der Waals surface area contributed by atoms with E-state index in [2.05, 4.69) is 10.6 Å². The number of nitrogens with one attached hydrogen (secondary N) is 2. The number of carbonyl (C=O) groups is 2. The number of benzene rings is 3. The Hall–Kier alpha value is -3.32. The molecule has 29 heavy (non-hydrogen) atoms. The van der Waals surface area contributed by atoms with Crippen molar-refractivity contribution in [3.63, 3.8) is 0 Å². The summed E-state index contributed by atoms with van der Waals surface area (Å²) in [5, 5.41) is 5.48. The second-order valence-electron chi connectivity index (χ2n) is 6.02. The molecule has 2 N–H and O–H groups in total. The molecule has 2 amide bonds. The first-order valence-electron chi connectivity index (χ1n) is 8.84. The number of ether oxygens (including phenoxy) is 1. The Labute approximate surface area is 172 Å². The van der Waals surface area contributed by atoms with Gasteiger partial charge < -0.3 is 15.4 Å². The average molecular weight is 410 g/mol. The number of carbonyl (C=O) groups excluding carboxylic acids is 2. The van der Waals surface area contributed by atoms with Crippen LogP contribution in [0.3, 0.4) is 0 Å². The highest BCUT2D eigenvalue weighted by atomic mass is 32.2. The molecule has 0 unspecified atom stereocenters. The van der Waals surface area contributed by atoms with Gasteiger partial charge in [-0.2, -0.15) is 0 Å². The van der Waals surface area contributed by atoms with Gasteiger partial charge in [-0.1, -0.05) is 24.3 Å². The van der Waals surface area contributed by atoms with Crippen molar-refractivity contribution in [2.75, 3.05) is 23.0 Å². The summed E-state index contributed by atoms with van der Waals surface area (Å²) in [4.78, 5) is 24.9. The predicted molar refractivity (Wildman–Crippen MR) is 113 cm³/mol. The Kier molecular flexibility index (Phi) is 7.24. The molecule has 0 radical (unpaired) electrons. The first-order chi connectivity index (χ1) is 14.1. The third-order valence-corrected chi connectivity index (χ3v) is 4.72. The lowest BCUT2D eigenvalue weighted by atomic mass is 10.3. The SMILES string of the molecule is O=C(COc1ccccc1)Nc1cccc(SCC(=O)Nc2ccc(F)cc2)c1. The van der Waals surface area contributed by atoms with E-state index >= 15 is 0 Å². The third-order valence-electron chi connectivity index (χ3n) is 3.73. The fourth-order valence-electron chi connectivity index (χ4n) is 2.41. The minimum absolute atomic E-state index is 0.0958. The van der Waals surface area contributed by atoms with E-state index in [-0.39, 0.29) is 30.0 Å². The van der Waals surface area contributed by atoms with E-state index in [1.165, 1.54) is 36.0 Å². The molecule has 3 aromatic rings. The van der Waals surface area contributed by atoms with Crippen LogP contribution in [0.15, 0.2) is 83.8 Å². The van der Waals surface area contributed by atoms with Gasteiger partial charge in [-0.15, -0.1) is 11.8 Å². The van der Waals surface area contributed by atoms with Crippen molar-refractivity contribution in [1.82, 2.24) is 0 Å². The van der Waals surface area contributed by atoms with Crippen LogP contribution in [0.5, 0.6) is 5.75 Å². The molecule has 148 valence electrons. The van der Waals surface area contributed by atoms with Gasteiger partial charge in [0.15, 0.2) is 6.61 Å². The maximum Gasteiger partial charge on any atom is 0.262 e. The zero-order valence-corrected chi connectivity index (χ0v) is 16.2. The van der Waals surface area contributed by atoms with Crippen LogP contribution in [0.4, 0.5) is 15.8 Å². The number of para-hydroxylation sites is 1. The summed E-state index contributed by atoms with van der Waals surface area (Å²) in [5.74, 6) is -0.0202. The lowest BCUT2D eigenvalue weighted by Crippen LogP contribution is -2.20. The normalized spacial score (nSPS) is 10.2. The number of hydrogen-bond donors (Lipinski definition) is 2. The van der Waals surface area contributed by atoms with Gasteiger partial charge in [-0.3, -0.25) is 9.59 Å². The molecule has 7 heteroatoms. The quantitative estimate of drug-likeness (QED) is 0.534. The number of amides is 2. The molecule has 0 saturated heterocycles. The van der Waals surface area contributed by atoms with Gasteiger partial charge in [0, 0.05) is 16.3 Å². The van der Waals surface area contributed by atoms with Gasteiger partial charge in [0.2, 0.25) is 5.91 Å². The molecule has 0 aliphatic rings. The highest BCUT2D eigenvalue weighted by molar-refractivity contribution is 8.00. The number of anilines is 2. The van der Waals surface area contributed by atoms with Crippen molar-refractivity contribution in [2.24, 2.45) is 0 Å². The zero-order valence-electron chi connectivity index (χ0n) is 15.4. The van der Waals surface area contributed by atoms with Crippen LogP contribution in [0.2, 0.25) is 0 Å². The molecule has 0 bridgehead atoms. The van der Waals surface area contributed by atoms with Crippen molar-refractivity contribution in [3.8, 4) is 5.75 Å². The second kappa shape index (κ2) is 10.3. The van der Waals surface area contributed by atoms with E-state index in [0.29, 0.717) is 17.1 Å². The summed E-state index contributed by atoms with van der Waals surface area (Å²) >= 11 is 1.33. The maximum absolute atomic E-state index is 12.9. The summed E-state index contributed by atoms with van der Waals surface area (Å²) in [6, 6.07) is 21.9. The van der Waals surface area contributed by atoms with Crippen molar-refractivity contribution < 1.29 is 18.7 Å². The van der Waals surface area contributed by atoms with Crippen LogP contribution in [-0.2, 0) is 9.59 Å². The summed E-state index contributed by atoms with van der Waals surface area (Å²) in [6.07, 6.45) is 0. The predicted octanol–water partition coefficient (Wildman–Crippen LogP) is 4.57. The molecule has 0 atom stereocenters. The van der Waals surface area contributed by atoms with Gasteiger partial charge in [0.1, 0.15) is 11.6 Å². The van der Waals surface area contributed by atoms with Crippen molar-refractivity contribution in [2.45, 2.75) is 4.90 Å². The molecule has 0 saturated carbocycles. The summed E-state index contributed by atoms with van der Waals surface area (Å²) in [6.45, 7) is -0.0958. The Morgan fingerprint density at radius 3 is 2.31 bits per heavy atom. The molecule has 5 nitrogen and oxygen atoms in total. The van der Waals surface area contributed by atoms with Crippen LogP contribution in [0.1, 0.15) is 0 Å². The smallest absolute Gasteiger partial charge is 0.262 e. The first-order valence-corrected chi connectivity index (χ1v) is 9.83. The van der Waals surface area contributed by atoms with Gasteiger partial charge >= 0.3 is 0 Å². The standard InChI is InChI=1S/C22H19FN2O3S/c23-16-9-11-17(12-10-16)24-22(27)15-29-20-8-4-5-18(13-20)25-21(26)14-28-19-6-2-1-3-7-19/h1-13H,14-15H2,(H,24,27)(H,25,26). The third kappa shape index (κ3) is 6.97. The Bertz CT molecular complexity index is 965. The zero-order chi connectivity index (χ0) is 20.5. The molecule has 0 aromatic heterocycles. The molecule has 0 spiro atoms. The summed E-state index contributed by atoms with van der Waals surface area (Å²) in [7, 11) is 0. The minimum Gasteiger partial charge on any atom is -0.484 e. The van der Waals surface area contributed by atoms with Crippen LogP contribution >= 0.6 is 11.8 Å². The van der Waals surface area contributed by atoms with Gasteiger partial charge in [0.25, 0.3) is 5.91 Å². The number of rotatable bonds is 8. The molecule has 3 aromatic carbocycles. The van der Waals surface area contributed by atoms with Gasteiger partial charge in [0.05, 0.1) is 5.75 Å². The van der Waals surface area contributed by atoms with Crippen LogP contribution in [0, 0.1) is 5.82 Å². The van der Waals surface area contributed by atoms with E-state index in [4.69, 9.17) is 4.74 Å². The summed E-state index contributed by atoms with van der Waals surface area (Å²) in [5.41, 5.74) is 1.16. The Morgan fingerprint density at radius 1 is 0.828 bits per heavy atom. The van der Waals surface area contributed by atoms with E-state index in [0.717, 1.165) is 4.90 Å². The largest absolute Gasteiger partial charge is 0.484 e. The van der Waals surface area contributed by atoms with Gasteiger partial charge in [-0.25, -0.2) is 4.39 Å². The molecule has 0 aliphatic heterocycles. The topological polar surface area (TPSA) is 67.4 Å². The average Bonchev–Trinajstić information content (AvgIpc) is 2.73. The molecule has 0 fully saturated rings. The van der Waals surface area contributed by atoms with E-state index < -0.39 is 0 Å². The lowest BCUT2D eigenvalue weighted by Gasteiger charge is -2.09. The first kappa shape index (κ1) is 20.4. The maximum atomic E-state index is 12.9. The fourth-order valence-corrected chi connectivity index (χ4v) is 3.16. The van der Waals surface area contributed by atoms with Crippen molar-refractivity contribution >= 4 is 35.0 Å². The Balaban J connectivity index is 1.46. The molecular weight excluding hydrogens is 391 g/mol. The number of hydrogen-bond acceptors (Lipinski definition) is 4. The van der Waals surface area contributed by atoms with Crippen LogP contribution < -0.4 is 15.4 Å². The van der Waals surface area contributed by atoms with Crippen LogP contribution in [-0.4, -0.2) is 24.2 Å². The molecule has 0 aliphatic carbocycles. The molecular formula is C22H19FN2O3S. The molecule has 0 heterocycles. The van der Waals surface area contributed by atoms with E-state index in [1.54, 1.807) is 30.3 Å². The van der Waals surface area contributed by atoms with Crippen molar-refractivity contribution in [3.05, 3.63) is 84.7 Å².